The summed E-state index contributed by atoms with van der Waals surface area (Å²) in [5, 5.41) is 6.83. The van der Waals surface area contributed by atoms with Crippen molar-refractivity contribution in [3.8, 4) is 56.2 Å². The van der Waals surface area contributed by atoms with Gasteiger partial charge in [0.1, 0.15) is 22.3 Å². The molecular weight excluding hydrogens is 588 g/mol. The SMILES string of the molecule is c1ccc(-c2cc(-c3ccc4oc5ccccc5c4c3)nc(-c3ccc4oc5cc6c7c(cccc7c5c4c3)-c3ccccc3-6)n2)cc1. The van der Waals surface area contributed by atoms with Crippen molar-refractivity contribution in [2.45, 2.75) is 0 Å². The maximum absolute atomic E-state index is 6.54. The molecule has 7 aromatic carbocycles. The molecule has 0 saturated heterocycles. The lowest BCUT2D eigenvalue weighted by Gasteiger charge is -2.10. The molecule has 0 unspecified atom stereocenters. The quantitative estimate of drug-likeness (QED) is 0.199. The first-order valence-electron chi connectivity index (χ1n) is 16.2. The van der Waals surface area contributed by atoms with Crippen LogP contribution >= 0.6 is 0 Å². The van der Waals surface area contributed by atoms with E-state index in [0.29, 0.717) is 5.82 Å². The van der Waals surface area contributed by atoms with Crippen LogP contribution in [0.1, 0.15) is 0 Å². The van der Waals surface area contributed by atoms with E-state index < -0.39 is 0 Å². The Morgan fingerprint density at radius 3 is 1.83 bits per heavy atom. The second kappa shape index (κ2) is 9.50. The number of para-hydroxylation sites is 1. The second-order valence-corrected chi connectivity index (χ2v) is 12.5. The van der Waals surface area contributed by atoms with Crippen molar-refractivity contribution in [2.75, 3.05) is 0 Å². The maximum atomic E-state index is 6.54. The summed E-state index contributed by atoms with van der Waals surface area (Å²) in [6, 6.07) is 50.6. The van der Waals surface area contributed by atoms with E-state index in [4.69, 9.17) is 18.8 Å². The first-order chi connectivity index (χ1) is 23.8. The van der Waals surface area contributed by atoms with Gasteiger partial charge in [0.05, 0.1) is 11.4 Å². The molecule has 0 aliphatic heterocycles. The minimum atomic E-state index is 0.665. The van der Waals surface area contributed by atoms with Gasteiger partial charge in [0.2, 0.25) is 0 Å². The van der Waals surface area contributed by atoms with E-state index in [1.165, 1.54) is 33.0 Å². The zero-order chi connectivity index (χ0) is 31.3. The number of hydrogen-bond acceptors (Lipinski definition) is 4. The monoisotopic (exact) mass is 612 g/mol. The minimum absolute atomic E-state index is 0.665. The molecule has 0 saturated carbocycles. The van der Waals surface area contributed by atoms with Crippen molar-refractivity contribution < 1.29 is 8.83 Å². The zero-order valence-corrected chi connectivity index (χ0v) is 25.6. The molecule has 3 heterocycles. The molecule has 48 heavy (non-hydrogen) atoms. The number of aromatic nitrogens is 2. The van der Waals surface area contributed by atoms with Crippen LogP contribution in [-0.4, -0.2) is 9.97 Å². The third-order valence-corrected chi connectivity index (χ3v) is 9.83. The van der Waals surface area contributed by atoms with Crippen molar-refractivity contribution in [1.82, 2.24) is 9.97 Å². The average molecular weight is 613 g/mol. The van der Waals surface area contributed by atoms with Crippen LogP contribution < -0.4 is 0 Å². The van der Waals surface area contributed by atoms with E-state index in [1.54, 1.807) is 0 Å². The number of rotatable bonds is 3. The fraction of sp³-hybridized carbons (Fsp3) is 0. The van der Waals surface area contributed by atoms with Gasteiger partial charge in [-0.1, -0.05) is 91.0 Å². The van der Waals surface area contributed by atoms with E-state index in [0.717, 1.165) is 72.0 Å². The molecule has 222 valence electrons. The molecule has 0 fully saturated rings. The van der Waals surface area contributed by atoms with E-state index in [1.807, 2.05) is 42.5 Å². The normalized spacial score (nSPS) is 12.2. The Balaban J connectivity index is 1.14. The first-order valence-corrected chi connectivity index (χ1v) is 16.2. The Kier molecular flexibility index (Phi) is 5.08. The van der Waals surface area contributed by atoms with Crippen molar-refractivity contribution >= 4 is 54.6 Å². The van der Waals surface area contributed by atoms with Crippen LogP contribution in [0.2, 0.25) is 0 Å². The van der Waals surface area contributed by atoms with Crippen LogP contribution in [-0.2, 0) is 0 Å². The van der Waals surface area contributed by atoms with E-state index in [2.05, 4.69) is 103 Å². The van der Waals surface area contributed by atoms with Crippen molar-refractivity contribution in [2.24, 2.45) is 0 Å². The smallest absolute Gasteiger partial charge is 0.160 e. The molecule has 0 radical (unpaired) electrons. The van der Waals surface area contributed by atoms with Crippen LogP contribution in [0.25, 0.3) is 111 Å². The topological polar surface area (TPSA) is 52.1 Å². The lowest BCUT2D eigenvalue weighted by Crippen LogP contribution is -1.96. The van der Waals surface area contributed by atoms with Gasteiger partial charge in [0.25, 0.3) is 0 Å². The molecular formula is C44H24N2O2. The lowest BCUT2D eigenvalue weighted by atomic mass is 9.97. The Morgan fingerprint density at radius 2 is 0.958 bits per heavy atom. The summed E-state index contributed by atoms with van der Waals surface area (Å²) in [6.45, 7) is 0. The summed E-state index contributed by atoms with van der Waals surface area (Å²) in [4.78, 5) is 10.3. The largest absolute Gasteiger partial charge is 0.456 e. The highest BCUT2D eigenvalue weighted by Crippen LogP contribution is 2.50. The zero-order valence-electron chi connectivity index (χ0n) is 25.6. The Bertz CT molecular complexity index is 2950. The highest BCUT2D eigenvalue weighted by atomic mass is 16.3. The number of benzene rings is 7. The van der Waals surface area contributed by atoms with Crippen molar-refractivity contribution in [1.29, 1.82) is 0 Å². The van der Waals surface area contributed by atoms with Gasteiger partial charge in [-0.15, -0.1) is 0 Å². The van der Waals surface area contributed by atoms with Gasteiger partial charge in [-0.25, -0.2) is 9.97 Å². The molecule has 10 aromatic rings. The molecule has 0 spiro atoms. The van der Waals surface area contributed by atoms with Gasteiger partial charge in [-0.3, -0.25) is 0 Å². The summed E-state index contributed by atoms with van der Waals surface area (Å²) in [7, 11) is 0. The number of hydrogen-bond donors (Lipinski definition) is 0. The Hall–Kier alpha value is -6.52. The summed E-state index contributed by atoms with van der Waals surface area (Å²) >= 11 is 0. The molecule has 4 nitrogen and oxygen atoms in total. The summed E-state index contributed by atoms with van der Waals surface area (Å²) < 4.78 is 12.7. The molecule has 1 aliphatic rings. The van der Waals surface area contributed by atoms with Gasteiger partial charge < -0.3 is 8.83 Å². The van der Waals surface area contributed by atoms with Crippen LogP contribution in [0.5, 0.6) is 0 Å². The first kappa shape index (κ1) is 25.6. The van der Waals surface area contributed by atoms with Gasteiger partial charge in [0.15, 0.2) is 5.82 Å². The molecule has 1 aliphatic carbocycles. The molecule has 3 aromatic heterocycles. The number of furan rings is 2. The predicted octanol–water partition coefficient (Wildman–Crippen LogP) is 12.1. The highest BCUT2D eigenvalue weighted by Gasteiger charge is 2.24. The van der Waals surface area contributed by atoms with Crippen LogP contribution in [0.3, 0.4) is 0 Å². The fourth-order valence-electron chi connectivity index (χ4n) is 7.65. The molecule has 0 atom stereocenters. The fourth-order valence-corrected chi connectivity index (χ4v) is 7.65. The second-order valence-electron chi connectivity index (χ2n) is 12.5. The standard InChI is InChI=1S/C44H24N2O2/c1-2-9-25(10-3-1)36-24-37(26-17-19-39-33(21-26)30-13-6-7-16-38(30)47-39)46-44(45-36)27-18-20-40-35(22-27)43-32-15-8-14-31-28-11-4-5-12-29(28)34(42(31)32)23-41(43)48-40/h1-24H. The minimum Gasteiger partial charge on any atom is -0.456 e. The highest BCUT2D eigenvalue weighted by molar-refractivity contribution is 6.28. The summed E-state index contributed by atoms with van der Waals surface area (Å²) in [5.74, 6) is 0.665. The summed E-state index contributed by atoms with van der Waals surface area (Å²) in [5.41, 5.74) is 13.2. The van der Waals surface area contributed by atoms with Crippen molar-refractivity contribution in [3.63, 3.8) is 0 Å². The third kappa shape index (κ3) is 3.60. The van der Waals surface area contributed by atoms with Crippen LogP contribution in [0.4, 0.5) is 0 Å². The van der Waals surface area contributed by atoms with E-state index in [9.17, 15) is 0 Å². The van der Waals surface area contributed by atoms with Gasteiger partial charge in [-0.05, 0) is 87.6 Å². The Labute approximate surface area is 274 Å². The molecule has 11 rings (SSSR count). The Morgan fingerprint density at radius 1 is 0.333 bits per heavy atom. The van der Waals surface area contributed by atoms with E-state index >= 15 is 0 Å². The molecule has 0 N–H and O–H groups in total. The third-order valence-electron chi connectivity index (χ3n) is 9.83. The van der Waals surface area contributed by atoms with Crippen LogP contribution in [0, 0.1) is 0 Å². The maximum Gasteiger partial charge on any atom is 0.160 e. The van der Waals surface area contributed by atoms with Crippen LogP contribution in [0.15, 0.2) is 154 Å². The molecule has 0 bridgehead atoms. The predicted molar refractivity (Wildman–Crippen MR) is 195 cm³/mol. The van der Waals surface area contributed by atoms with E-state index in [-0.39, 0.29) is 0 Å². The lowest BCUT2D eigenvalue weighted by molar-refractivity contribution is 0.669. The van der Waals surface area contributed by atoms with Gasteiger partial charge >= 0.3 is 0 Å². The van der Waals surface area contributed by atoms with Gasteiger partial charge in [0, 0.05) is 38.2 Å². The molecule has 0 amide bonds. The number of nitrogens with zero attached hydrogens (tertiary/aromatic N) is 2. The summed E-state index contributed by atoms with van der Waals surface area (Å²) in [6.07, 6.45) is 0. The number of fused-ring (bicyclic) bond motifs is 10. The average Bonchev–Trinajstić information content (AvgIpc) is 3.82. The van der Waals surface area contributed by atoms with Gasteiger partial charge in [-0.2, -0.15) is 0 Å². The van der Waals surface area contributed by atoms with Crippen molar-refractivity contribution in [3.05, 3.63) is 146 Å². The molecule has 4 heteroatoms.